The van der Waals surface area contributed by atoms with Gasteiger partial charge in [-0.05, 0) is 36.8 Å². The lowest BCUT2D eigenvalue weighted by atomic mass is 10.1. The monoisotopic (exact) mass is 400 g/mol. The fourth-order valence-electron chi connectivity index (χ4n) is 2.13. The average Bonchev–Trinajstić information content (AvgIpc) is 2.66. The first-order chi connectivity index (χ1) is 13.3. The SMILES string of the molecule is CCOC(=O)/C(C#N)=C/c1cccc(OC(=O)c2ccc([N+](=O)[O-])cc2Cl)c1. The lowest BCUT2D eigenvalue weighted by Crippen LogP contribution is -2.09. The molecule has 8 nitrogen and oxygen atoms in total. The number of benzene rings is 2. The molecule has 0 N–H and O–H groups in total. The van der Waals surface area contributed by atoms with Gasteiger partial charge in [-0.2, -0.15) is 5.26 Å². The molecular formula is C19H13ClN2O6. The summed E-state index contributed by atoms with van der Waals surface area (Å²) in [5.41, 5.74) is -0.0671. The van der Waals surface area contributed by atoms with Crippen molar-refractivity contribution < 1.29 is 24.0 Å². The fraction of sp³-hybridized carbons (Fsp3) is 0.105. The smallest absolute Gasteiger partial charge is 0.348 e. The van der Waals surface area contributed by atoms with Gasteiger partial charge in [0.25, 0.3) is 5.69 Å². The maximum atomic E-state index is 12.3. The molecule has 0 aliphatic heterocycles. The zero-order chi connectivity index (χ0) is 20.7. The second kappa shape index (κ2) is 9.30. The molecule has 28 heavy (non-hydrogen) atoms. The topological polar surface area (TPSA) is 120 Å². The molecule has 2 rings (SSSR count). The van der Waals surface area contributed by atoms with E-state index < -0.39 is 16.9 Å². The van der Waals surface area contributed by atoms with Gasteiger partial charge >= 0.3 is 11.9 Å². The minimum absolute atomic E-state index is 0.0440. The van der Waals surface area contributed by atoms with Crippen LogP contribution in [-0.2, 0) is 9.53 Å². The lowest BCUT2D eigenvalue weighted by molar-refractivity contribution is -0.384. The molecule has 0 aliphatic rings. The van der Waals surface area contributed by atoms with Crippen molar-refractivity contribution in [3.05, 3.63) is 74.3 Å². The minimum Gasteiger partial charge on any atom is -0.462 e. The van der Waals surface area contributed by atoms with Gasteiger partial charge in [0.1, 0.15) is 17.4 Å². The van der Waals surface area contributed by atoms with Gasteiger partial charge in [0.2, 0.25) is 0 Å². The highest BCUT2D eigenvalue weighted by Gasteiger charge is 2.17. The maximum Gasteiger partial charge on any atom is 0.348 e. The second-order valence-corrected chi connectivity index (χ2v) is 5.68. The molecule has 0 unspecified atom stereocenters. The largest absolute Gasteiger partial charge is 0.462 e. The zero-order valence-corrected chi connectivity index (χ0v) is 15.3. The van der Waals surface area contributed by atoms with Gasteiger partial charge in [0.05, 0.1) is 22.1 Å². The first-order valence-electron chi connectivity index (χ1n) is 7.90. The molecule has 0 atom stereocenters. The van der Waals surface area contributed by atoms with E-state index in [0.29, 0.717) is 5.56 Å². The molecule has 0 aliphatic carbocycles. The van der Waals surface area contributed by atoms with E-state index in [1.807, 2.05) is 0 Å². The third-order valence-corrected chi connectivity index (χ3v) is 3.69. The Kier molecular flexibility index (Phi) is 6.84. The standard InChI is InChI=1S/C19H13ClN2O6/c1-2-27-18(23)13(11-21)8-12-4-3-5-15(9-12)28-19(24)16-7-6-14(22(25)26)10-17(16)20/h3-10H,2H2,1H3/b13-8+. The number of esters is 2. The molecule has 0 amide bonds. The molecule has 0 bridgehead atoms. The molecule has 0 heterocycles. The molecule has 2 aromatic carbocycles. The van der Waals surface area contributed by atoms with E-state index in [4.69, 9.17) is 26.3 Å². The summed E-state index contributed by atoms with van der Waals surface area (Å²) in [5.74, 6) is -1.44. The number of hydrogen-bond acceptors (Lipinski definition) is 7. The summed E-state index contributed by atoms with van der Waals surface area (Å²) in [6.45, 7) is 1.75. The van der Waals surface area contributed by atoms with Crippen LogP contribution >= 0.6 is 11.6 Å². The summed E-state index contributed by atoms with van der Waals surface area (Å²) in [5, 5.41) is 19.7. The minimum atomic E-state index is -0.813. The van der Waals surface area contributed by atoms with Crippen LogP contribution in [0.4, 0.5) is 5.69 Å². The molecule has 9 heteroatoms. The second-order valence-electron chi connectivity index (χ2n) is 5.27. The van der Waals surface area contributed by atoms with Crippen LogP contribution in [-0.4, -0.2) is 23.5 Å². The number of nitriles is 1. The Morgan fingerprint density at radius 3 is 2.64 bits per heavy atom. The number of ether oxygens (including phenoxy) is 2. The molecule has 0 radical (unpaired) electrons. The van der Waals surface area contributed by atoms with Crippen molar-refractivity contribution in [2.45, 2.75) is 6.92 Å². The number of rotatable bonds is 6. The lowest BCUT2D eigenvalue weighted by Gasteiger charge is -2.07. The molecule has 0 aromatic heterocycles. The fourth-order valence-corrected chi connectivity index (χ4v) is 2.38. The highest BCUT2D eigenvalue weighted by molar-refractivity contribution is 6.33. The van der Waals surface area contributed by atoms with Gasteiger partial charge in [0, 0.05) is 12.1 Å². The number of nitro benzene ring substituents is 1. The number of nitro groups is 1. The molecule has 0 fully saturated rings. The van der Waals surface area contributed by atoms with Crippen LogP contribution in [0.3, 0.4) is 0 Å². The normalized spacial score (nSPS) is 10.7. The Morgan fingerprint density at radius 1 is 1.29 bits per heavy atom. The van der Waals surface area contributed by atoms with Crippen LogP contribution in [0.15, 0.2) is 48.0 Å². The van der Waals surface area contributed by atoms with E-state index in [-0.39, 0.29) is 34.2 Å². The van der Waals surface area contributed by atoms with E-state index in [9.17, 15) is 19.7 Å². The van der Waals surface area contributed by atoms with E-state index in [2.05, 4.69) is 0 Å². The van der Waals surface area contributed by atoms with Crippen molar-refractivity contribution in [1.82, 2.24) is 0 Å². The number of non-ortho nitro benzene ring substituents is 1. The van der Waals surface area contributed by atoms with Crippen molar-refractivity contribution in [3.63, 3.8) is 0 Å². The summed E-state index contributed by atoms with van der Waals surface area (Å²) in [6.07, 6.45) is 1.30. The van der Waals surface area contributed by atoms with Crippen LogP contribution in [0.1, 0.15) is 22.8 Å². The van der Waals surface area contributed by atoms with Gasteiger partial charge in [-0.3, -0.25) is 10.1 Å². The Hall–Kier alpha value is -3.70. The quantitative estimate of drug-likeness (QED) is 0.180. The number of hydrogen-bond donors (Lipinski definition) is 0. The average molecular weight is 401 g/mol. The molecule has 142 valence electrons. The van der Waals surface area contributed by atoms with Crippen LogP contribution in [0.5, 0.6) is 5.75 Å². The van der Waals surface area contributed by atoms with Gasteiger partial charge < -0.3 is 9.47 Å². The number of nitrogens with zero attached hydrogens (tertiary/aromatic N) is 2. The van der Waals surface area contributed by atoms with E-state index in [1.165, 1.54) is 24.3 Å². The van der Waals surface area contributed by atoms with Crippen molar-refractivity contribution in [1.29, 1.82) is 5.26 Å². The van der Waals surface area contributed by atoms with E-state index >= 15 is 0 Å². The molecular weight excluding hydrogens is 388 g/mol. The van der Waals surface area contributed by atoms with Crippen molar-refractivity contribution in [2.75, 3.05) is 6.61 Å². The summed E-state index contributed by atoms with van der Waals surface area (Å²) in [6, 6.07) is 11.2. The third-order valence-electron chi connectivity index (χ3n) is 3.38. The van der Waals surface area contributed by atoms with Crippen molar-refractivity contribution >= 4 is 35.3 Å². The molecule has 0 saturated carbocycles. The number of carbonyl (C=O) groups excluding carboxylic acids is 2. The van der Waals surface area contributed by atoms with E-state index in [0.717, 1.165) is 12.1 Å². The van der Waals surface area contributed by atoms with Crippen LogP contribution < -0.4 is 4.74 Å². The summed E-state index contributed by atoms with van der Waals surface area (Å²) < 4.78 is 10.0. The maximum absolute atomic E-state index is 12.3. The highest BCUT2D eigenvalue weighted by atomic mass is 35.5. The number of halogens is 1. The third kappa shape index (κ3) is 5.16. The highest BCUT2D eigenvalue weighted by Crippen LogP contribution is 2.24. The Labute approximate surface area is 164 Å². The van der Waals surface area contributed by atoms with Gasteiger partial charge in [-0.15, -0.1) is 0 Å². The zero-order valence-electron chi connectivity index (χ0n) is 14.5. The summed E-state index contributed by atoms with van der Waals surface area (Å²) in [7, 11) is 0. The van der Waals surface area contributed by atoms with Crippen molar-refractivity contribution in [3.8, 4) is 11.8 Å². The summed E-state index contributed by atoms with van der Waals surface area (Å²) in [4.78, 5) is 34.1. The molecule has 0 saturated heterocycles. The summed E-state index contributed by atoms with van der Waals surface area (Å²) >= 11 is 5.92. The molecule has 0 spiro atoms. The van der Waals surface area contributed by atoms with Crippen LogP contribution in [0.25, 0.3) is 6.08 Å². The molecule has 2 aromatic rings. The predicted molar refractivity (Wildman–Crippen MR) is 99.7 cm³/mol. The Balaban J connectivity index is 2.23. The van der Waals surface area contributed by atoms with Gasteiger partial charge in [-0.25, -0.2) is 9.59 Å². The van der Waals surface area contributed by atoms with Gasteiger partial charge in [0.15, 0.2) is 0 Å². The van der Waals surface area contributed by atoms with Gasteiger partial charge in [-0.1, -0.05) is 23.7 Å². The predicted octanol–water partition coefficient (Wildman–Crippen LogP) is 3.94. The first-order valence-corrected chi connectivity index (χ1v) is 8.28. The first kappa shape index (κ1) is 20.6. The Morgan fingerprint density at radius 2 is 2.04 bits per heavy atom. The van der Waals surface area contributed by atoms with Crippen LogP contribution in [0, 0.1) is 21.4 Å². The van der Waals surface area contributed by atoms with Crippen LogP contribution in [0.2, 0.25) is 5.02 Å². The van der Waals surface area contributed by atoms with Crippen molar-refractivity contribution in [2.24, 2.45) is 0 Å². The number of carbonyl (C=O) groups is 2. The Bertz CT molecular complexity index is 1010. The van der Waals surface area contributed by atoms with E-state index in [1.54, 1.807) is 25.1 Å².